The summed E-state index contributed by atoms with van der Waals surface area (Å²) in [6.07, 6.45) is 16.7. The Morgan fingerprint density at radius 3 is 2.44 bits per heavy atom. The second kappa shape index (κ2) is 10.5. The smallest absolute Gasteiger partial charge is 0.224 e. The van der Waals surface area contributed by atoms with E-state index in [1.807, 2.05) is 12.1 Å². The van der Waals surface area contributed by atoms with Gasteiger partial charge in [0.1, 0.15) is 11.3 Å². The van der Waals surface area contributed by atoms with Crippen LogP contribution in [0.2, 0.25) is 0 Å². The quantitative estimate of drug-likeness (QED) is 0.426. The SMILES string of the molecule is CCCCCCCCCCCC(=O)Nc1ccc2oc3c(c2c1)CCCC3. The maximum absolute atomic E-state index is 12.2. The fraction of sp³-hybridized carbons (Fsp3) is 0.625. The number of amides is 1. The number of hydrogen-bond acceptors (Lipinski definition) is 2. The van der Waals surface area contributed by atoms with Crippen molar-refractivity contribution in [2.75, 3.05) is 5.32 Å². The number of hydrogen-bond donors (Lipinski definition) is 1. The summed E-state index contributed by atoms with van der Waals surface area (Å²) in [5.74, 6) is 1.28. The summed E-state index contributed by atoms with van der Waals surface area (Å²) < 4.78 is 5.97. The van der Waals surface area contributed by atoms with Gasteiger partial charge in [0.25, 0.3) is 0 Å². The normalized spacial score (nSPS) is 13.7. The number of anilines is 1. The van der Waals surface area contributed by atoms with Crippen LogP contribution in [0.25, 0.3) is 11.0 Å². The van der Waals surface area contributed by atoms with Crippen LogP contribution in [-0.4, -0.2) is 5.91 Å². The summed E-state index contributed by atoms with van der Waals surface area (Å²) >= 11 is 0. The van der Waals surface area contributed by atoms with Crippen LogP contribution in [0.3, 0.4) is 0 Å². The molecule has 27 heavy (non-hydrogen) atoms. The Morgan fingerprint density at radius 2 is 1.67 bits per heavy atom. The zero-order chi connectivity index (χ0) is 18.9. The molecule has 1 aromatic heterocycles. The van der Waals surface area contributed by atoms with Gasteiger partial charge in [0.05, 0.1) is 0 Å². The van der Waals surface area contributed by atoms with Crippen LogP contribution >= 0.6 is 0 Å². The van der Waals surface area contributed by atoms with E-state index in [-0.39, 0.29) is 5.91 Å². The Labute approximate surface area is 163 Å². The van der Waals surface area contributed by atoms with Crippen LogP contribution < -0.4 is 5.32 Å². The highest BCUT2D eigenvalue weighted by Crippen LogP contribution is 2.33. The molecule has 1 aromatic carbocycles. The van der Waals surface area contributed by atoms with Crippen LogP contribution in [0, 0.1) is 0 Å². The van der Waals surface area contributed by atoms with Crippen LogP contribution in [0.1, 0.15) is 95.3 Å². The molecule has 3 nitrogen and oxygen atoms in total. The minimum atomic E-state index is 0.134. The highest BCUT2D eigenvalue weighted by molar-refractivity contribution is 5.94. The molecule has 0 bridgehead atoms. The van der Waals surface area contributed by atoms with Crippen LogP contribution in [0.5, 0.6) is 0 Å². The second-order valence-corrected chi connectivity index (χ2v) is 8.05. The molecule has 0 saturated carbocycles. The Hall–Kier alpha value is -1.77. The molecule has 0 fully saturated rings. The number of benzene rings is 1. The maximum Gasteiger partial charge on any atom is 0.224 e. The number of unbranched alkanes of at least 4 members (excludes halogenated alkanes) is 8. The van der Waals surface area contributed by atoms with Gasteiger partial charge in [-0.25, -0.2) is 0 Å². The predicted octanol–water partition coefficient (Wildman–Crippen LogP) is 7.17. The molecular formula is C24H35NO2. The first-order chi connectivity index (χ1) is 13.3. The lowest BCUT2D eigenvalue weighted by atomic mass is 9.96. The molecule has 0 spiro atoms. The summed E-state index contributed by atoms with van der Waals surface area (Å²) in [5.41, 5.74) is 3.21. The molecule has 1 amide bonds. The van der Waals surface area contributed by atoms with E-state index in [1.54, 1.807) is 0 Å². The van der Waals surface area contributed by atoms with Crippen LogP contribution in [0.15, 0.2) is 22.6 Å². The molecule has 3 heteroatoms. The number of carbonyl (C=O) groups is 1. The maximum atomic E-state index is 12.2. The van der Waals surface area contributed by atoms with Gasteiger partial charge >= 0.3 is 0 Å². The van der Waals surface area contributed by atoms with Crippen molar-refractivity contribution in [3.8, 4) is 0 Å². The number of rotatable bonds is 11. The Balaban J connectivity index is 1.38. The van der Waals surface area contributed by atoms with E-state index >= 15 is 0 Å². The van der Waals surface area contributed by atoms with Crippen molar-refractivity contribution in [3.05, 3.63) is 29.5 Å². The topological polar surface area (TPSA) is 42.2 Å². The van der Waals surface area contributed by atoms with Crippen molar-refractivity contribution in [1.82, 2.24) is 0 Å². The molecule has 1 aliphatic rings. The third-order valence-electron chi connectivity index (χ3n) is 5.75. The van der Waals surface area contributed by atoms with Gasteiger partial charge < -0.3 is 9.73 Å². The Morgan fingerprint density at radius 1 is 0.963 bits per heavy atom. The first-order valence-electron chi connectivity index (χ1n) is 11.1. The lowest BCUT2D eigenvalue weighted by Gasteiger charge is -2.09. The van der Waals surface area contributed by atoms with Gasteiger partial charge in [-0.2, -0.15) is 0 Å². The first kappa shape index (κ1) is 20.0. The number of fused-ring (bicyclic) bond motifs is 3. The van der Waals surface area contributed by atoms with Gasteiger partial charge in [-0.15, -0.1) is 0 Å². The zero-order valence-corrected chi connectivity index (χ0v) is 16.9. The van der Waals surface area contributed by atoms with Crippen molar-refractivity contribution in [2.24, 2.45) is 0 Å². The van der Waals surface area contributed by atoms with Gasteiger partial charge in [-0.3, -0.25) is 4.79 Å². The lowest BCUT2D eigenvalue weighted by Crippen LogP contribution is -2.11. The number of carbonyl (C=O) groups excluding carboxylic acids is 1. The molecule has 0 unspecified atom stereocenters. The van der Waals surface area contributed by atoms with E-state index in [0.717, 1.165) is 42.7 Å². The minimum Gasteiger partial charge on any atom is -0.461 e. The Kier molecular flexibility index (Phi) is 7.79. The van der Waals surface area contributed by atoms with E-state index in [0.29, 0.717) is 6.42 Å². The van der Waals surface area contributed by atoms with Crippen LogP contribution in [-0.2, 0) is 17.6 Å². The average Bonchev–Trinajstić information content (AvgIpc) is 3.05. The number of nitrogens with one attached hydrogen (secondary N) is 1. The molecule has 0 saturated heterocycles. The van der Waals surface area contributed by atoms with E-state index in [2.05, 4.69) is 18.3 Å². The molecule has 1 N–H and O–H groups in total. The minimum absolute atomic E-state index is 0.134. The second-order valence-electron chi connectivity index (χ2n) is 8.05. The average molecular weight is 370 g/mol. The lowest BCUT2D eigenvalue weighted by molar-refractivity contribution is -0.116. The third-order valence-corrected chi connectivity index (χ3v) is 5.75. The van der Waals surface area contributed by atoms with E-state index in [4.69, 9.17) is 4.42 Å². The van der Waals surface area contributed by atoms with Crippen LogP contribution in [0.4, 0.5) is 5.69 Å². The molecular weight excluding hydrogens is 334 g/mol. The van der Waals surface area contributed by atoms with Crippen molar-refractivity contribution in [2.45, 2.75) is 96.8 Å². The molecule has 148 valence electrons. The standard InChI is InChI=1S/C24H35NO2/c1-2-3-4-5-6-7-8-9-10-15-24(26)25-19-16-17-23-21(18-19)20-13-11-12-14-22(20)27-23/h16-18H,2-15H2,1H3,(H,25,26). The fourth-order valence-electron chi connectivity index (χ4n) is 4.16. The van der Waals surface area contributed by atoms with E-state index in [9.17, 15) is 4.79 Å². The van der Waals surface area contributed by atoms with E-state index < -0.39 is 0 Å². The van der Waals surface area contributed by atoms with Gasteiger partial charge in [-0.1, -0.05) is 58.3 Å². The highest BCUT2D eigenvalue weighted by atomic mass is 16.3. The molecule has 1 heterocycles. The van der Waals surface area contributed by atoms with Gasteiger partial charge in [0, 0.05) is 29.5 Å². The summed E-state index contributed by atoms with van der Waals surface area (Å²) in [7, 11) is 0. The van der Waals surface area contributed by atoms with Crippen molar-refractivity contribution in [3.63, 3.8) is 0 Å². The van der Waals surface area contributed by atoms with Gasteiger partial charge in [-0.05, 0) is 43.9 Å². The third kappa shape index (κ3) is 5.85. The highest BCUT2D eigenvalue weighted by Gasteiger charge is 2.18. The molecule has 0 radical (unpaired) electrons. The van der Waals surface area contributed by atoms with Gasteiger partial charge in [0.2, 0.25) is 5.91 Å². The van der Waals surface area contributed by atoms with Crippen molar-refractivity contribution < 1.29 is 9.21 Å². The molecule has 3 rings (SSSR count). The largest absolute Gasteiger partial charge is 0.461 e. The fourth-order valence-corrected chi connectivity index (χ4v) is 4.16. The van der Waals surface area contributed by atoms with Gasteiger partial charge in [0.15, 0.2) is 0 Å². The molecule has 0 atom stereocenters. The van der Waals surface area contributed by atoms with Crippen molar-refractivity contribution >= 4 is 22.6 Å². The molecule has 0 aliphatic heterocycles. The monoisotopic (exact) mass is 369 g/mol. The summed E-state index contributed by atoms with van der Waals surface area (Å²) in [6.45, 7) is 2.26. The van der Waals surface area contributed by atoms with E-state index in [1.165, 1.54) is 68.7 Å². The summed E-state index contributed by atoms with van der Waals surface area (Å²) in [6, 6.07) is 6.06. The van der Waals surface area contributed by atoms with Crippen molar-refractivity contribution in [1.29, 1.82) is 0 Å². The number of aryl methyl sites for hydroxylation is 2. The summed E-state index contributed by atoms with van der Waals surface area (Å²) in [4.78, 5) is 12.2. The molecule has 1 aliphatic carbocycles. The number of furan rings is 1. The summed E-state index contributed by atoms with van der Waals surface area (Å²) in [5, 5.41) is 4.26. The Bertz CT molecular complexity index is 731. The molecule has 2 aromatic rings. The first-order valence-corrected chi connectivity index (χ1v) is 11.1. The zero-order valence-electron chi connectivity index (χ0n) is 16.9. The predicted molar refractivity (Wildman–Crippen MR) is 113 cm³/mol.